The van der Waals surface area contributed by atoms with Gasteiger partial charge in [0.2, 0.25) is 5.89 Å². The summed E-state index contributed by atoms with van der Waals surface area (Å²) in [6, 6.07) is 10.9. The van der Waals surface area contributed by atoms with Crippen LogP contribution in [0.2, 0.25) is 15.1 Å². The zero-order valence-corrected chi connectivity index (χ0v) is 17.7. The molecule has 0 radical (unpaired) electrons. The van der Waals surface area contributed by atoms with Gasteiger partial charge >= 0.3 is 0 Å². The van der Waals surface area contributed by atoms with Crippen molar-refractivity contribution in [3.8, 4) is 29.0 Å². The van der Waals surface area contributed by atoms with Crippen molar-refractivity contribution < 1.29 is 13.5 Å². The van der Waals surface area contributed by atoms with Crippen molar-refractivity contribution >= 4 is 34.8 Å². The van der Waals surface area contributed by atoms with Crippen LogP contribution in [0.3, 0.4) is 0 Å². The van der Waals surface area contributed by atoms with Crippen LogP contribution < -0.4 is 4.74 Å². The van der Waals surface area contributed by atoms with Gasteiger partial charge in [0.15, 0.2) is 11.6 Å². The van der Waals surface area contributed by atoms with E-state index in [4.69, 9.17) is 49.2 Å². The average molecular weight is 476 g/mol. The number of nitriles is 1. The van der Waals surface area contributed by atoms with E-state index in [9.17, 15) is 0 Å². The minimum atomic E-state index is -0.704. The minimum absolute atomic E-state index is 0.0107. The zero-order valence-electron chi connectivity index (χ0n) is 15.4. The van der Waals surface area contributed by atoms with E-state index in [1.807, 2.05) is 6.07 Å². The van der Waals surface area contributed by atoms with Crippen molar-refractivity contribution in [3.05, 3.63) is 86.7 Å². The molecular weight excluding hydrogens is 466 g/mol. The molecule has 6 nitrogen and oxygen atoms in total. The summed E-state index contributed by atoms with van der Waals surface area (Å²) in [7, 11) is 0. The highest BCUT2D eigenvalue weighted by atomic mass is 35.5. The fraction of sp³-hybridized carbons (Fsp3) is 0.0476. The van der Waals surface area contributed by atoms with Gasteiger partial charge in [-0.2, -0.15) is 5.26 Å². The number of rotatable bonds is 5. The molecule has 0 spiro atoms. The van der Waals surface area contributed by atoms with E-state index in [0.29, 0.717) is 10.6 Å². The third-order valence-corrected chi connectivity index (χ3v) is 5.00. The second kappa shape index (κ2) is 8.90. The van der Waals surface area contributed by atoms with Gasteiger partial charge in [0.25, 0.3) is 5.89 Å². The molecule has 0 aliphatic carbocycles. The van der Waals surface area contributed by atoms with Crippen molar-refractivity contribution in [2.45, 2.75) is 6.42 Å². The quantitative estimate of drug-likeness (QED) is 0.328. The van der Waals surface area contributed by atoms with Crippen LogP contribution in [0.5, 0.6) is 11.5 Å². The molecule has 0 saturated heterocycles. The molecule has 0 unspecified atom stereocenters. The number of benzene rings is 2. The van der Waals surface area contributed by atoms with Crippen LogP contribution in [-0.4, -0.2) is 15.2 Å². The Hall–Kier alpha value is -3.18. The smallest absolute Gasteiger partial charge is 0.250 e. The number of pyridine rings is 1. The van der Waals surface area contributed by atoms with Crippen molar-refractivity contribution in [1.82, 2.24) is 15.2 Å². The molecule has 0 atom stereocenters. The Morgan fingerprint density at radius 2 is 1.90 bits per heavy atom. The average Bonchev–Trinajstić information content (AvgIpc) is 3.21. The highest BCUT2D eigenvalue weighted by Gasteiger charge is 2.19. The Morgan fingerprint density at radius 1 is 1.06 bits per heavy atom. The first-order chi connectivity index (χ1) is 14.9. The van der Waals surface area contributed by atoms with Crippen LogP contribution in [0.25, 0.3) is 11.5 Å². The second-order valence-electron chi connectivity index (χ2n) is 6.27. The van der Waals surface area contributed by atoms with Crippen LogP contribution in [0.1, 0.15) is 17.0 Å². The first kappa shape index (κ1) is 21.1. The maximum absolute atomic E-state index is 15.2. The lowest BCUT2D eigenvalue weighted by molar-refractivity contribution is 0.437. The van der Waals surface area contributed by atoms with Crippen molar-refractivity contribution in [3.63, 3.8) is 0 Å². The molecule has 10 heteroatoms. The molecule has 0 amide bonds. The summed E-state index contributed by atoms with van der Waals surface area (Å²) < 4.78 is 26.4. The van der Waals surface area contributed by atoms with Gasteiger partial charge in [-0.25, -0.2) is 4.39 Å². The maximum Gasteiger partial charge on any atom is 0.250 e. The minimum Gasteiger partial charge on any atom is -0.453 e. The van der Waals surface area contributed by atoms with Crippen LogP contribution in [0, 0.1) is 17.1 Å². The predicted octanol–water partition coefficient (Wildman–Crippen LogP) is 6.49. The Kier molecular flexibility index (Phi) is 6.05. The van der Waals surface area contributed by atoms with E-state index < -0.39 is 5.82 Å². The third-order valence-electron chi connectivity index (χ3n) is 4.16. The van der Waals surface area contributed by atoms with E-state index in [2.05, 4.69) is 15.2 Å². The largest absolute Gasteiger partial charge is 0.453 e. The Morgan fingerprint density at radius 3 is 2.68 bits per heavy atom. The number of nitrogens with zero attached hydrogens (tertiary/aromatic N) is 4. The van der Waals surface area contributed by atoms with E-state index in [-0.39, 0.29) is 50.9 Å². The van der Waals surface area contributed by atoms with Gasteiger partial charge < -0.3 is 9.15 Å². The van der Waals surface area contributed by atoms with Gasteiger partial charge in [-0.1, -0.05) is 40.9 Å². The number of halogens is 4. The van der Waals surface area contributed by atoms with Gasteiger partial charge in [-0.05, 0) is 30.3 Å². The topological polar surface area (TPSA) is 84.8 Å². The number of hydrogen-bond donors (Lipinski definition) is 0. The van der Waals surface area contributed by atoms with Crippen LogP contribution in [-0.2, 0) is 6.42 Å². The summed E-state index contributed by atoms with van der Waals surface area (Å²) in [6.45, 7) is 0. The molecule has 0 bridgehead atoms. The third kappa shape index (κ3) is 4.62. The molecule has 2 aromatic heterocycles. The van der Waals surface area contributed by atoms with Crippen LogP contribution in [0.4, 0.5) is 4.39 Å². The molecule has 31 heavy (non-hydrogen) atoms. The van der Waals surface area contributed by atoms with E-state index in [1.165, 1.54) is 42.7 Å². The summed E-state index contributed by atoms with van der Waals surface area (Å²) in [5.41, 5.74) is 0.954. The van der Waals surface area contributed by atoms with Crippen LogP contribution >= 0.6 is 34.8 Å². The maximum atomic E-state index is 15.2. The Balaban J connectivity index is 1.62. The summed E-state index contributed by atoms with van der Waals surface area (Å²) >= 11 is 18.2. The van der Waals surface area contributed by atoms with Crippen molar-refractivity contribution in [2.24, 2.45) is 0 Å². The number of hydrogen-bond acceptors (Lipinski definition) is 6. The van der Waals surface area contributed by atoms with Crippen molar-refractivity contribution in [1.29, 1.82) is 5.26 Å². The lowest BCUT2D eigenvalue weighted by atomic mass is 10.1. The molecule has 0 saturated carbocycles. The van der Waals surface area contributed by atoms with Crippen LogP contribution in [0.15, 0.2) is 53.2 Å². The highest BCUT2D eigenvalue weighted by Crippen LogP contribution is 2.36. The number of ether oxygens (including phenoxy) is 1. The van der Waals surface area contributed by atoms with E-state index in [1.54, 1.807) is 6.07 Å². The highest BCUT2D eigenvalue weighted by molar-refractivity contribution is 6.33. The van der Waals surface area contributed by atoms with Gasteiger partial charge in [0.05, 0.1) is 33.7 Å². The first-order valence-electron chi connectivity index (χ1n) is 8.72. The van der Waals surface area contributed by atoms with Gasteiger partial charge in [-0.3, -0.25) is 4.98 Å². The molecular formula is C21H10Cl3FN4O2. The number of aromatic nitrogens is 3. The van der Waals surface area contributed by atoms with Gasteiger partial charge in [0, 0.05) is 23.0 Å². The molecule has 154 valence electrons. The molecule has 0 aliphatic heterocycles. The fourth-order valence-corrected chi connectivity index (χ4v) is 3.33. The molecule has 2 aromatic carbocycles. The summed E-state index contributed by atoms with van der Waals surface area (Å²) in [5.74, 6) is -0.405. The lowest BCUT2D eigenvalue weighted by Gasteiger charge is -2.11. The first-order valence-corrected chi connectivity index (χ1v) is 9.85. The summed E-state index contributed by atoms with van der Waals surface area (Å²) in [6.07, 6.45) is 3.02. The summed E-state index contributed by atoms with van der Waals surface area (Å²) in [5, 5.41) is 17.7. The van der Waals surface area contributed by atoms with E-state index >= 15 is 4.39 Å². The molecule has 4 aromatic rings. The second-order valence-corrected chi connectivity index (χ2v) is 7.52. The van der Waals surface area contributed by atoms with E-state index in [0.717, 1.165) is 0 Å². The summed E-state index contributed by atoms with van der Waals surface area (Å²) in [4.78, 5) is 3.98. The molecule has 0 N–H and O–H groups in total. The van der Waals surface area contributed by atoms with Crippen molar-refractivity contribution in [2.75, 3.05) is 0 Å². The SMILES string of the molecule is N#Cc1cc(Cl)cc(Oc2c(Cl)ccc(Cc3nnc(-c4cnccc4Cl)o3)c2F)c1. The fourth-order valence-electron chi connectivity index (χ4n) is 2.74. The monoisotopic (exact) mass is 474 g/mol. The predicted molar refractivity (Wildman–Crippen MR) is 113 cm³/mol. The standard InChI is InChI=1S/C21H10Cl3FN4O2/c22-13-5-11(9-26)6-14(8-13)30-20-17(24)2-1-12(19(20)25)7-18-28-29-21(31-18)15-10-27-4-3-16(15)23/h1-6,8,10H,7H2. The molecule has 2 heterocycles. The van der Waals surface area contributed by atoms with Gasteiger partial charge in [-0.15, -0.1) is 10.2 Å². The normalized spacial score (nSPS) is 10.7. The Labute approximate surface area is 190 Å². The lowest BCUT2D eigenvalue weighted by Crippen LogP contribution is -1.98. The van der Waals surface area contributed by atoms with Gasteiger partial charge in [0.1, 0.15) is 5.75 Å². The molecule has 4 rings (SSSR count). The molecule has 0 aliphatic rings. The zero-order chi connectivity index (χ0) is 22.0. The molecule has 0 fully saturated rings. The Bertz CT molecular complexity index is 1320.